The van der Waals surface area contributed by atoms with Crippen LogP contribution in [0.3, 0.4) is 0 Å². The van der Waals surface area contributed by atoms with Crippen LogP contribution in [0.1, 0.15) is 19.3 Å². The summed E-state index contributed by atoms with van der Waals surface area (Å²) in [5.41, 5.74) is 0. The fraction of sp³-hybridized carbons (Fsp3) is 0.458. The van der Waals surface area contributed by atoms with Crippen LogP contribution in [-0.4, -0.2) is 97.2 Å². The minimum Gasteiger partial charge on any atom is -0.343 e. The molecule has 3 aliphatic heterocycles. The van der Waals surface area contributed by atoms with E-state index in [9.17, 15) is 22.8 Å². The van der Waals surface area contributed by atoms with Gasteiger partial charge in [-0.25, -0.2) is 18.1 Å². The summed E-state index contributed by atoms with van der Waals surface area (Å²) in [5, 5.41) is 4.47. The van der Waals surface area contributed by atoms with Crippen molar-refractivity contribution in [3.05, 3.63) is 42.5 Å². The molecule has 4 amide bonds. The van der Waals surface area contributed by atoms with Gasteiger partial charge in [-0.3, -0.25) is 14.5 Å². The molecule has 5 rings (SSSR count). The molecular weight excluding hydrogens is 470 g/mol. The number of fused-ring (bicyclic) bond motifs is 1. The van der Waals surface area contributed by atoms with Crippen LogP contribution in [0, 0.1) is 0 Å². The first-order valence-corrected chi connectivity index (χ1v) is 13.4. The predicted octanol–water partition coefficient (Wildman–Crippen LogP) is 1.04. The second-order valence-corrected chi connectivity index (χ2v) is 11.2. The number of urea groups is 1. The van der Waals surface area contributed by atoms with Crippen LogP contribution >= 0.6 is 0 Å². The quantitative estimate of drug-likeness (QED) is 0.595. The third-order valence-electron chi connectivity index (χ3n) is 6.98. The van der Waals surface area contributed by atoms with E-state index < -0.39 is 28.0 Å². The fourth-order valence-electron chi connectivity index (χ4n) is 4.91. The molecule has 3 aliphatic rings. The van der Waals surface area contributed by atoms with E-state index in [1.54, 1.807) is 23.1 Å². The first-order chi connectivity index (χ1) is 16.8. The monoisotopic (exact) mass is 499 g/mol. The Kier molecular flexibility index (Phi) is 6.47. The van der Waals surface area contributed by atoms with Crippen LogP contribution in [0.25, 0.3) is 10.8 Å². The Bertz CT molecular complexity index is 1250. The van der Waals surface area contributed by atoms with Crippen molar-refractivity contribution in [1.82, 2.24) is 24.3 Å². The number of nitrogens with zero attached hydrogens (tertiary/aromatic N) is 4. The average molecular weight is 500 g/mol. The third kappa shape index (κ3) is 4.75. The van der Waals surface area contributed by atoms with Crippen LogP contribution < -0.4 is 5.32 Å². The first-order valence-electron chi connectivity index (χ1n) is 11.9. The molecule has 0 radical (unpaired) electrons. The highest BCUT2D eigenvalue weighted by molar-refractivity contribution is 7.89. The van der Waals surface area contributed by atoms with E-state index in [-0.39, 0.29) is 37.0 Å². The van der Waals surface area contributed by atoms with Crippen molar-refractivity contribution in [3.63, 3.8) is 0 Å². The summed E-state index contributed by atoms with van der Waals surface area (Å²) < 4.78 is 27.8. The summed E-state index contributed by atoms with van der Waals surface area (Å²) >= 11 is 0. The Morgan fingerprint density at radius 2 is 1.60 bits per heavy atom. The summed E-state index contributed by atoms with van der Waals surface area (Å²) in [4.78, 5) is 42.6. The average Bonchev–Trinajstić information content (AvgIpc) is 3.49. The predicted molar refractivity (Wildman–Crippen MR) is 129 cm³/mol. The van der Waals surface area contributed by atoms with E-state index in [0.717, 1.165) is 28.5 Å². The van der Waals surface area contributed by atoms with Gasteiger partial charge in [0.05, 0.1) is 18.0 Å². The van der Waals surface area contributed by atoms with Gasteiger partial charge in [0.15, 0.2) is 0 Å². The summed E-state index contributed by atoms with van der Waals surface area (Å²) in [6, 6.07) is 11.4. The number of carbonyl (C=O) groups is 3. The zero-order valence-electron chi connectivity index (χ0n) is 19.4. The number of carbonyl (C=O) groups excluding carboxylic acids is 3. The Hall–Kier alpha value is -3.02. The summed E-state index contributed by atoms with van der Waals surface area (Å²) in [6.07, 6.45) is 1.90. The molecule has 2 aromatic carbocycles. The van der Waals surface area contributed by atoms with Crippen LogP contribution in [-0.2, 0) is 19.6 Å². The highest BCUT2D eigenvalue weighted by Crippen LogP contribution is 2.23. The molecule has 3 saturated heterocycles. The van der Waals surface area contributed by atoms with Gasteiger partial charge in [0.2, 0.25) is 15.9 Å². The highest BCUT2D eigenvalue weighted by Gasteiger charge is 2.41. The molecule has 1 N–H and O–H groups in total. The molecule has 0 unspecified atom stereocenters. The summed E-state index contributed by atoms with van der Waals surface area (Å²) in [5.74, 6) is -0.524. The molecule has 0 spiro atoms. The van der Waals surface area contributed by atoms with Gasteiger partial charge in [0, 0.05) is 39.3 Å². The van der Waals surface area contributed by atoms with E-state index in [1.807, 2.05) is 29.2 Å². The minimum absolute atomic E-state index is 0.0289. The molecule has 0 saturated carbocycles. The van der Waals surface area contributed by atoms with Crippen molar-refractivity contribution in [2.75, 3.05) is 45.9 Å². The molecule has 3 fully saturated rings. The zero-order valence-corrected chi connectivity index (χ0v) is 20.2. The van der Waals surface area contributed by atoms with E-state index in [2.05, 4.69) is 5.32 Å². The van der Waals surface area contributed by atoms with Gasteiger partial charge in [0.1, 0.15) is 6.04 Å². The van der Waals surface area contributed by atoms with E-state index >= 15 is 0 Å². The molecule has 11 heteroatoms. The lowest BCUT2D eigenvalue weighted by Crippen LogP contribution is -2.52. The fourth-order valence-corrected chi connectivity index (χ4v) is 6.37. The molecular formula is C24H29N5O5S. The number of sulfonamides is 1. The molecule has 3 heterocycles. The number of rotatable bonds is 6. The van der Waals surface area contributed by atoms with Crippen LogP contribution in [0.15, 0.2) is 47.4 Å². The number of benzene rings is 2. The number of nitrogens with one attached hydrogen (secondary N) is 1. The molecule has 0 aliphatic carbocycles. The maximum Gasteiger partial charge on any atom is 0.325 e. The number of hydrogen-bond donors (Lipinski definition) is 1. The smallest absolute Gasteiger partial charge is 0.325 e. The molecule has 10 nitrogen and oxygen atoms in total. The van der Waals surface area contributed by atoms with Crippen molar-refractivity contribution in [2.45, 2.75) is 30.2 Å². The van der Waals surface area contributed by atoms with Crippen LogP contribution in [0.5, 0.6) is 0 Å². The largest absolute Gasteiger partial charge is 0.343 e. The van der Waals surface area contributed by atoms with Gasteiger partial charge in [-0.1, -0.05) is 30.3 Å². The summed E-state index contributed by atoms with van der Waals surface area (Å²) in [6.45, 7) is 2.77. The SMILES string of the molecule is O=C(C[C@@H]1NC(=O)N(CN2CCN(S(=O)(=O)c3ccc4ccccc4c3)CC2)C1=O)N1CCCC1. The van der Waals surface area contributed by atoms with E-state index in [0.29, 0.717) is 26.2 Å². The molecule has 0 aromatic heterocycles. The maximum atomic E-state index is 13.2. The molecule has 0 bridgehead atoms. The Morgan fingerprint density at radius 1 is 0.914 bits per heavy atom. The zero-order chi connectivity index (χ0) is 24.6. The third-order valence-corrected chi connectivity index (χ3v) is 8.87. The number of piperazine rings is 1. The standard InChI is InChI=1S/C24H29N5O5S/c30-22(27-9-3-4-10-27)16-21-23(31)29(24(32)25-21)17-26-11-13-28(14-12-26)35(33,34)20-8-7-18-5-1-2-6-19(18)15-20/h1-2,5-8,15,21H,3-4,9-14,16-17H2,(H,25,32)/t21-/m0/s1. The van der Waals surface area contributed by atoms with Gasteiger partial charge in [0.25, 0.3) is 5.91 Å². The van der Waals surface area contributed by atoms with E-state index in [4.69, 9.17) is 0 Å². The minimum atomic E-state index is -3.65. The lowest BCUT2D eigenvalue weighted by atomic mass is 10.1. The molecule has 1 atom stereocenters. The van der Waals surface area contributed by atoms with Crippen LogP contribution in [0.2, 0.25) is 0 Å². The van der Waals surface area contributed by atoms with Crippen molar-refractivity contribution in [1.29, 1.82) is 0 Å². The molecule has 2 aromatic rings. The van der Waals surface area contributed by atoms with E-state index in [1.165, 1.54) is 4.31 Å². The van der Waals surface area contributed by atoms with Crippen molar-refractivity contribution in [3.8, 4) is 0 Å². The first kappa shape index (κ1) is 23.7. The second kappa shape index (κ2) is 9.56. The molecule has 35 heavy (non-hydrogen) atoms. The Labute approximate surface area is 204 Å². The second-order valence-electron chi connectivity index (χ2n) is 9.23. The number of likely N-dealkylation sites (tertiary alicyclic amines) is 1. The number of imide groups is 1. The van der Waals surface area contributed by atoms with Gasteiger partial charge < -0.3 is 10.2 Å². The van der Waals surface area contributed by atoms with Crippen molar-refractivity contribution in [2.24, 2.45) is 0 Å². The normalized spacial score (nSPS) is 22.2. The number of hydrogen-bond acceptors (Lipinski definition) is 6. The summed E-state index contributed by atoms with van der Waals surface area (Å²) in [7, 11) is -3.65. The van der Waals surface area contributed by atoms with Gasteiger partial charge in [-0.15, -0.1) is 0 Å². The lowest BCUT2D eigenvalue weighted by Gasteiger charge is -2.35. The number of amides is 4. The van der Waals surface area contributed by atoms with Gasteiger partial charge >= 0.3 is 6.03 Å². The van der Waals surface area contributed by atoms with Crippen LogP contribution in [0.4, 0.5) is 4.79 Å². The van der Waals surface area contributed by atoms with Gasteiger partial charge in [-0.05, 0) is 35.7 Å². The van der Waals surface area contributed by atoms with Crippen molar-refractivity contribution >= 4 is 38.6 Å². The van der Waals surface area contributed by atoms with Gasteiger partial charge in [-0.2, -0.15) is 4.31 Å². The maximum absolute atomic E-state index is 13.2. The topological polar surface area (TPSA) is 110 Å². The Morgan fingerprint density at radius 3 is 2.31 bits per heavy atom. The molecule has 186 valence electrons. The lowest BCUT2D eigenvalue weighted by molar-refractivity contribution is -0.135. The highest BCUT2D eigenvalue weighted by atomic mass is 32.2. The Balaban J connectivity index is 1.17. The van der Waals surface area contributed by atoms with Crippen molar-refractivity contribution < 1.29 is 22.8 Å².